The van der Waals surface area contributed by atoms with Crippen LogP contribution in [0.4, 0.5) is 10.1 Å². The third kappa shape index (κ3) is 1.95. The second kappa shape index (κ2) is 3.89. The Kier molecular flexibility index (Phi) is 2.81. The monoisotopic (exact) mass is 263 g/mol. The number of benzene rings is 1. The Labute approximate surface area is 112 Å². The van der Waals surface area contributed by atoms with Crippen molar-refractivity contribution in [1.29, 1.82) is 0 Å². The van der Waals surface area contributed by atoms with E-state index in [9.17, 15) is 14.0 Å². The van der Waals surface area contributed by atoms with Gasteiger partial charge in [-0.25, -0.2) is 9.29 Å². The normalized spacial score (nSPS) is 17.6. The molecule has 0 bridgehead atoms. The van der Waals surface area contributed by atoms with E-state index in [0.717, 1.165) is 0 Å². The molecule has 0 saturated carbocycles. The number of carbonyl (C=O) groups excluding carboxylic acids is 2. The van der Waals surface area contributed by atoms with Gasteiger partial charge in [-0.3, -0.25) is 9.59 Å². The molecule has 0 N–H and O–H groups in total. The Hall–Kier alpha value is -1.71. The molecule has 1 aliphatic heterocycles. The number of alkyl halides is 1. The van der Waals surface area contributed by atoms with Crippen LogP contribution in [0.5, 0.6) is 0 Å². The molecule has 1 aliphatic rings. The lowest BCUT2D eigenvalue weighted by molar-refractivity contribution is -0.127. The van der Waals surface area contributed by atoms with Crippen molar-refractivity contribution in [3.63, 3.8) is 0 Å². The number of hydrogen-bond acceptors (Lipinski definition) is 2. The minimum atomic E-state index is -1.47. The van der Waals surface area contributed by atoms with Crippen LogP contribution >= 0.6 is 0 Å². The first kappa shape index (κ1) is 13.7. The Morgan fingerprint density at radius 3 is 2.37 bits per heavy atom. The molecular weight excluding hydrogens is 245 g/mol. The summed E-state index contributed by atoms with van der Waals surface area (Å²) in [5.74, 6) is -0.576. The number of anilines is 1. The predicted molar refractivity (Wildman–Crippen MR) is 71.8 cm³/mol. The average molecular weight is 263 g/mol. The van der Waals surface area contributed by atoms with E-state index in [2.05, 4.69) is 0 Å². The van der Waals surface area contributed by atoms with Crippen molar-refractivity contribution in [2.75, 3.05) is 4.90 Å². The van der Waals surface area contributed by atoms with Gasteiger partial charge in [0.15, 0.2) is 0 Å². The molecule has 3 nitrogen and oxygen atoms in total. The largest absolute Gasteiger partial charge is 0.274 e. The molecule has 0 atom stereocenters. The molecule has 0 saturated heterocycles. The van der Waals surface area contributed by atoms with Crippen molar-refractivity contribution >= 4 is 17.5 Å². The molecule has 1 aromatic carbocycles. The van der Waals surface area contributed by atoms with Crippen molar-refractivity contribution in [1.82, 2.24) is 0 Å². The number of amides is 2. The van der Waals surface area contributed by atoms with Gasteiger partial charge in [-0.2, -0.15) is 0 Å². The summed E-state index contributed by atoms with van der Waals surface area (Å²) in [6, 6.07) is 4.97. The van der Waals surface area contributed by atoms with E-state index in [1.165, 1.54) is 25.7 Å². The average Bonchev–Trinajstić information content (AvgIpc) is 2.46. The quantitative estimate of drug-likeness (QED) is 0.781. The maximum Gasteiger partial charge on any atom is 0.243 e. The van der Waals surface area contributed by atoms with Crippen LogP contribution < -0.4 is 4.90 Å². The summed E-state index contributed by atoms with van der Waals surface area (Å²) < 4.78 is 14.0. The zero-order valence-corrected chi connectivity index (χ0v) is 11.9. The highest BCUT2D eigenvalue weighted by atomic mass is 19.1. The van der Waals surface area contributed by atoms with Crippen LogP contribution in [0.3, 0.4) is 0 Å². The summed E-state index contributed by atoms with van der Waals surface area (Å²) in [6.45, 7) is 7.82. The number of rotatable bonds is 1. The molecule has 19 heavy (non-hydrogen) atoms. The molecule has 0 aromatic heterocycles. The molecule has 102 valence electrons. The zero-order chi connectivity index (χ0) is 14.6. The van der Waals surface area contributed by atoms with Crippen molar-refractivity contribution in [3.05, 3.63) is 29.3 Å². The SMILES string of the molecule is CC(=O)N1C(=O)C(C)(C)c2cc(C(C)(C)F)ccc21. The molecule has 0 fully saturated rings. The summed E-state index contributed by atoms with van der Waals surface area (Å²) in [4.78, 5) is 25.1. The number of imide groups is 1. The van der Waals surface area contributed by atoms with E-state index < -0.39 is 11.1 Å². The van der Waals surface area contributed by atoms with Gasteiger partial charge in [0.2, 0.25) is 11.8 Å². The van der Waals surface area contributed by atoms with Crippen molar-refractivity contribution in [2.45, 2.75) is 45.7 Å². The lowest BCUT2D eigenvalue weighted by Gasteiger charge is -2.19. The predicted octanol–water partition coefficient (Wildman–Crippen LogP) is 3.06. The molecule has 2 amide bonds. The summed E-state index contributed by atoms with van der Waals surface area (Å²) >= 11 is 0. The first-order valence-electron chi connectivity index (χ1n) is 6.26. The highest BCUT2D eigenvalue weighted by molar-refractivity contribution is 6.22. The lowest BCUT2D eigenvalue weighted by Crippen LogP contribution is -2.38. The smallest absolute Gasteiger partial charge is 0.243 e. The minimum absolute atomic E-state index is 0.260. The van der Waals surface area contributed by atoms with Gasteiger partial charge in [0.25, 0.3) is 0 Å². The Balaban J connectivity index is 2.66. The minimum Gasteiger partial charge on any atom is -0.274 e. The van der Waals surface area contributed by atoms with Gasteiger partial charge in [-0.15, -0.1) is 0 Å². The molecule has 0 radical (unpaired) electrons. The van der Waals surface area contributed by atoms with Gasteiger partial charge in [-0.1, -0.05) is 6.07 Å². The van der Waals surface area contributed by atoms with Crippen LogP contribution in [0, 0.1) is 0 Å². The maximum atomic E-state index is 14.0. The molecule has 0 spiro atoms. The zero-order valence-electron chi connectivity index (χ0n) is 11.9. The van der Waals surface area contributed by atoms with Gasteiger partial charge in [-0.05, 0) is 51.0 Å². The highest BCUT2D eigenvalue weighted by Crippen LogP contribution is 2.43. The van der Waals surface area contributed by atoms with E-state index >= 15 is 0 Å². The second-order valence-electron chi connectivity index (χ2n) is 5.99. The van der Waals surface area contributed by atoms with E-state index in [-0.39, 0.29) is 11.8 Å². The summed E-state index contributed by atoms with van der Waals surface area (Å²) in [5, 5.41) is 0. The van der Waals surface area contributed by atoms with Crippen molar-refractivity contribution < 1.29 is 14.0 Å². The lowest BCUT2D eigenvalue weighted by atomic mass is 9.84. The van der Waals surface area contributed by atoms with E-state index in [1.54, 1.807) is 32.0 Å². The fourth-order valence-electron chi connectivity index (χ4n) is 2.42. The van der Waals surface area contributed by atoms with E-state index in [0.29, 0.717) is 16.8 Å². The van der Waals surface area contributed by atoms with Gasteiger partial charge in [0.1, 0.15) is 5.67 Å². The fraction of sp³-hybridized carbons (Fsp3) is 0.467. The second-order valence-corrected chi connectivity index (χ2v) is 5.99. The Bertz CT molecular complexity index is 570. The first-order chi connectivity index (χ1) is 8.56. The summed E-state index contributed by atoms with van der Waals surface area (Å²) in [6.07, 6.45) is 0. The highest BCUT2D eigenvalue weighted by Gasteiger charge is 2.46. The molecule has 1 heterocycles. The third-order valence-corrected chi connectivity index (χ3v) is 3.65. The molecule has 0 unspecified atom stereocenters. The van der Waals surface area contributed by atoms with Crippen LogP contribution in [0.25, 0.3) is 0 Å². The number of hydrogen-bond donors (Lipinski definition) is 0. The molecule has 4 heteroatoms. The topological polar surface area (TPSA) is 37.4 Å². The van der Waals surface area contributed by atoms with Crippen molar-refractivity contribution in [3.8, 4) is 0 Å². The number of carbonyl (C=O) groups is 2. The van der Waals surface area contributed by atoms with Gasteiger partial charge < -0.3 is 0 Å². The fourth-order valence-corrected chi connectivity index (χ4v) is 2.42. The van der Waals surface area contributed by atoms with Crippen LogP contribution in [0.15, 0.2) is 18.2 Å². The van der Waals surface area contributed by atoms with Crippen LogP contribution in [0.2, 0.25) is 0 Å². The summed E-state index contributed by atoms with van der Waals surface area (Å²) in [5.41, 5.74) is -0.496. The van der Waals surface area contributed by atoms with Gasteiger partial charge >= 0.3 is 0 Å². The Morgan fingerprint density at radius 1 is 1.32 bits per heavy atom. The molecular formula is C15H18FNO2. The summed E-state index contributed by atoms with van der Waals surface area (Å²) in [7, 11) is 0. The van der Waals surface area contributed by atoms with Crippen LogP contribution in [-0.4, -0.2) is 11.8 Å². The maximum absolute atomic E-state index is 14.0. The standard InChI is InChI=1S/C15H18FNO2/c1-9(18)17-12-7-6-10(15(4,5)16)8-11(12)14(2,3)13(17)19/h6-8H,1-5H3. The van der Waals surface area contributed by atoms with Crippen molar-refractivity contribution in [2.24, 2.45) is 0 Å². The van der Waals surface area contributed by atoms with Crippen LogP contribution in [-0.2, 0) is 20.7 Å². The number of nitrogens with zero attached hydrogens (tertiary/aromatic N) is 1. The molecule has 0 aliphatic carbocycles. The Morgan fingerprint density at radius 2 is 1.89 bits per heavy atom. The molecule has 1 aromatic rings. The molecule has 2 rings (SSSR count). The van der Waals surface area contributed by atoms with Crippen LogP contribution in [0.1, 0.15) is 45.7 Å². The third-order valence-electron chi connectivity index (χ3n) is 3.65. The first-order valence-corrected chi connectivity index (χ1v) is 6.26. The number of fused-ring (bicyclic) bond motifs is 1. The number of halogens is 1. The van der Waals surface area contributed by atoms with E-state index in [4.69, 9.17) is 0 Å². The van der Waals surface area contributed by atoms with Gasteiger partial charge in [0.05, 0.1) is 11.1 Å². The van der Waals surface area contributed by atoms with Gasteiger partial charge in [0, 0.05) is 6.92 Å². The van der Waals surface area contributed by atoms with E-state index in [1.807, 2.05) is 0 Å².